The molecule has 0 saturated heterocycles. The Morgan fingerprint density at radius 3 is 2.32 bits per heavy atom. The first-order valence-electron chi connectivity index (χ1n) is 7.72. The molecule has 2 aromatic carbocycles. The maximum absolute atomic E-state index is 12.6. The van der Waals surface area contributed by atoms with E-state index in [1.807, 2.05) is 60.7 Å². The van der Waals surface area contributed by atoms with Crippen LogP contribution in [0, 0.1) is 0 Å². The minimum Gasteiger partial charge on any atom is -0.348 e. The zero-order chi connectivity index (χ0) is 17.6. The maximum Gasteiger partial charge on any atom is 0.240 e. The number of rotatable bonds is 6. The highest BCUT2D eigenvalue weighted by molar-refractivity contribution is 8.01. The highest BCUT2D eigenvalue weighted by Gasteiger charge is 2.25. The Labute approximate surface area is 155 Å². The fourth-order valence-corrected chi connectivity index (χ4v) is 4.29. The lowest BCUT2D eigenvalue weighted by Crippen LogP contribution is -2.26. The second kappa shape index (κ2) is 8.13. The van der Waals surface area contributed by atoms with E-state index in [1.54, 1.807) is 19.0 Å². The van der Waals surface area contributed by atoms with E-state index in [0.29, 0.717) is 5.13 Å². The number of para-hydroxylation sites is 1. The molecule has 1 N–H and O–H groups in total. The number of thioether (sulfide) groups is 1. The summed E-state index contributed by atoms with van der Waals surface area (Å²) in [5.41, 5.74) is 1.91. The summed E-state index contributed by atoms with van der Waals surface area (Å²) >= 11 is 2.86. The average Bonchev–Trinajstić information content (AvgIpc) is 3.07. The minimum absolute atomic E-state index is 0.0315. The van der Waals surface area contributed by atoms with Gasteiger partial charge in [0.25, 0.3) is 0 Å². The third kappa shape index (κ3) is 4.58. The zero-order valence-corrected chi connectivity index (χ0v) is 15.6. The Morgan fingerprint density at radius 1 is 1.04 bits per heavy atom. The summed E-state index contributed by atoms with van der Waals surface area (Å²) in [5.74, 6) is 0.0315. The number of amides is 1. The summed E-state index contributed by atoms with van der Waals surface area (Å²) in [4.78, 5) is 14.2. The molecule has 25 heavy (non-hydrogen) atoms. The van der Waals surface area contributed by atoms with Crippen LogP contribution in [-0.2, 0) is 4.79 Å². The Bertz CT molecular complexity index is 821. The van der Waals surface area contributed by atoms with Crippen LogP contribution in [0.15, 0.2) is 65.0 Å². The van der Waals surface area contributed by atoms with Crippen molar-refractivity contribution in [3.63, 3.8) is 0 Å². The number of hydrogen-bond acceptors (Lipinski definition) is 6. The van der Waals surface area contributed by atoms with Crippen LogP contribution < -0.4 is 5.32 Å². The van der Waals surface area contributed by atoms with Gasteiger partial charge in [-0.15, -0.1) is 10.2 Å². The van der Waals surface area contributed by atoms with Gasteiger partial charge in [-0.2, -0.15) is 0 Å². The normalized spacial score (nSPS) is 11.8. The molecule has 0 aliphatic rings. The van der Waals surface area contributed by atoms with Crippen LogP contribution in [0.1, 0.15) is 10.8 Å². The van der Waals surface area contributed by atoms with Crippen LogP contribution >= 0.6 is 23.1 Å². The number of carbonyl (C=O) groups is 1. The van der Waals surface area contributed by atoms with E-state index in [2.05, 4.69) is 15.5 Å². The van der Waals surface area contributed by atoms with Crippen molar-refractivity contribution in [1.29, 1.82) is 0 Å². The van der Waals surface area contributed by atoms with E-state index in [0.717, 1.165) is 15.6 Å². The van der Waals surface area contributed by atoms with Crippen molar-refractivity contribution in [2.75, 3.05) is 19.4 Å². The lowest BCUT2D eigenvalue weighted by atomic mass is 10.1. The molecule has 1 atom stereocenters. The van der Waals surface area contributed by atoms with Gasteiger partial charge in [-0.1, -0.05) is 71.6 Å². The first kappa shape index (κ1) is 17.4. The molecular weight excluding hydrogens is 352 g/mol. The van der Waals surface area contributed by atoms with Gasteiger partial charge in [0.2, 0.25) is 11.0 Å². The SMILES string of the molecule is CN(C)C(=O)[C@@H](Sc1nnc(Nc2ccccc2)s1)c1ccccc1. The highest BCUT2D eigenvalue weighted by atomic mass is 32.2. The van der Waals surface area contributed by atoms with Gasteiger partial charge < -0.3 is 10.2 Å². The molecule has 7 heteroatoms. The Morgan fingerprint density at radius 2 is 1.68 bits per heavy atom. The second-order valence-corrected chi connectivity index (χ2v) is 7.84. The number of nitrogens with zero attached hydrogens (tertiary/aromatic N) is 3. The molecular formula is C18H18N4OS2. The number of benzene rings is 2. The third-order valence-corrected chi connectivity index (χ3v) is 5.58. The first-order chi connectivity index (χ1) is 12.1. The number of carbonyl (C=O) groups excluding carboxylic acids is 1. The van der Waals surface area contributed by atoms with Crippen LogP contribution in [0.2, 0.25) is 0 Å². The van der Waals surface area contributed by atoms with Crippen LogP contribution in [0.5, 0.6) is 0 Å². The topological polar surface area (TPSA) is 58.1 Å². The van der Waals surface area contributed by atoms with Gasteiger partial charge in [-0.05, 0) is 17.7 Å². The van der Waals surface area contributed by atoms with Crippen LogP contribution in [0.4, 0.5) is 10.8 Å². The Balaban J connectivity index is 1.77. The fourth-order valence-electron chi connectivity index (χ4n) is 2.18. The van der Waals surface area contributed by atoms with Gasteiger partial charge in [-0.3, -0.25) is 4.79 Å². The molecule has 1 aromatic heterocycles. The van der Waals surface area contributed by atoms with Crippen LogP contribution in [0.3, 0.4) is 0 Å². The van der Waals surface area contributed by atoms with Crippen molar-refractivity contribution in [3.05, 3.63) is 66.2 Å². The monoisotopic (exact) mass is 370 g/mol. The van der Waals surface area contributed by atoms with E-state index in [9.17, 15) is 4.79 Å². The summed E-state index contributed by atoms with van der Waals surface area (Å²) < 4.78 is 0.752. The van der Waals surface area contributed by atoms with Crippen molar-refractivity contribution in [3.8, 4) is 0 Å². The highest BCUT2D eigenvalue weighted by Crippen LogP contribution is 2.39. The molecule has 0 aliphatic heterocycles. The van der Waals surface area contributed by atoms with E-state index in [4.69, 9.17) is 0 Å². The molecule has 128 valence electrons. The molecule has 0 radical (unpaired) electrons. The molecule has 0 unspecified atom stereocenters. The largest absolute Gasteiger partial charge is 0.348 e. The first-order valence-corrected chi connectivity index (χ1v) is 9.41. The van der Waals surface area contributed by atoms with E-state index in [-0.39, 0.29) is 11.2 Å². The quantitative estimate of drug-likeness (QED) is 0.659. The smallest absolute Gasteiger partial charge is 0.240 e. The molecule has 1 heterocycles. The maximum atomic E-state index is 12.6. The summed E-state index contributed by atoms with van der Waals surface area (Å²) in [6.07, 6.45) is 0. The second-order valence-electron chi connectivity index (χ2n) is 5.51. The zero-order valence-electron chi connectivity index (χ0n) is 13.9. The summed E-state index contributed by atoms with van der Waals surface area (Å²) in [5, 5.41) is 12.0. The Kier molecular flexibility index (Phi) is 5.67. The predicted octanol–water partition coefficient (Wildman–Crippen LogP) is 4.20. The van der Waals surface area contributed by atoms with Crippen LogP contribution in [-0.4, -0.2) is 35.1 Å². The lowest BCUT2D eigenvalue weighted by Gasteiger charge is -2.19. The minimum atomic E-state index is -0.339. The molecule has 0 spiro atoms. The molecule has 5 nitrogen and oxygen atoms in total. The molecule has 0 bridgehead atoms. The summed E-state index contributed by atoms with van der Waals surface area (Å²) in [6, 6.07) is 19.6. The van der Waals surface area contributed by atoms with Crippen molar-refractivity contribution < 1.29 is 4.79 Å². The summed E-state index contributed by atoms with van der Waals surface area (Å²) in [7, 11) is 3.53. The molecule has 0 fully saturated rings. The Hall–Kier alpha value is -2.38. The van der Waals surface area contributed by atoms with Gasteiger partial charge in [0, 0.05) is 19.8 Å². The third-order valence-electron chi connectivity index (χ3n) is 3.42. The van der Waals surface area contributed by atoms with Gasteiger partial charge in [0.05, 0.1) is 0 Å². The van der Waals surface area contributed by atoms with Crippen molar-refractivity contribution in [1.82, 2.24) is 15.1 Å². The van der Waals surface area contributed by atoms with Gasteiger partial charge >= 0.3 is 0 Å². The molecule has 0 saturated carbocycles. The van der Waals surface area contributed by atoms with E-state index in [1.165, 1.54) is 23.1 Å². The van der Waals surface area contributed by atoms with Crippen LogP contribution in [0.25, 0.3) is 0 Å². The van der Waals surface area contributed by atoms with Crippen molar-refractivity contribution in [2.45, 2.75) is 9.59 Å². The number of aromatic nitrogens is 2. The van der Waals surface area contributed by atoms with Gasteiger partial charge in [-0.25, -0.2) is 0 Å². The van der Waals surface area contributed by atoms with E-state index >= 15 is 0 Å². The number of likely N-dealkylation sites (N-methyl/N-ethyl adjacent to an activating group) is 1. The molecule has 0 aliphatic carbocycles. The van der Waals surface area contributed by atoms with E-state index < -0.39 is 0 Å². The molecule has 3 rings (SSSR count). The predicted molar refractivity (Wildman–Crippen MR) is 103 cm³/mol. The van der Waals surface area contributed by atoms with Crippen molar-refractivity contribution >= 4 is 39.8 Å². The number of anilines is 2. The number of hydrogen-bond donors (Lipinski definition) is 1. The lowest BCUT2D eigenvalue weighted by molar-refractivity contribution is -0.128. The standard InChI is InChI=1S/C18H18N4OS2/c1-22(2)16(23)15(13-9-5-3-6-10-13)24-18-21-20-17(25-18)19-14-11-7-4-8-12-14/h3-12,15H,1-2H3,(H,19,20)/t15-/m0/s1. The summed E-state index contributed by atoms with van der Waals surface area (Å²) in [6.45, 7) is 0. The fraction of sp³-hybridized carbons (Fsp3) is 0.167. The molecule has 1 amide bonds. The number of nitrogens with one attached hydrogen (secondary N) is 1. The van der Waals surface area contributed by atoms with Crippen molar-refractivity contribution in [2.24, 2.45) is 0 Å². The van der Waals surface area contributed by atoms with Gasteiger partial charge in [0.1, 0.15) is 5.25 Å². The van der Waals surface area contributed by atoms with Gasteiger partial charge in [0.15, 0.2) is 4.34 Å². The average molecular weight is 371 g/mol. The molecule has 3 aromatic rings.